The third-order valence-corrected chi connectivity index (χ3v) is 4.69. The molecule has 138 valence electrons. The van der Waals surface area contributed by atoms with Crippen molar-refractivity contribution < 1.29 is 9.47 Å². The summed E-state index contributed by atoms with van der Waals surface area (Å²) in [6.45, 7) is 8.05. The Kier molecular flexibility index (Phi) is 6.21. The van der Waals surface area contributed by atoms with E-state index in [4.69, 9.17) is 9.47 Å². The van der Waals surface area contributed by atoms with Crippen molar-refractivity contribution in [3.63, 3.8) is 0 Å². The number of hydrogen-bond acceptors (Lipinski definition) is 2. The van der Waals surface area contributed by atoms with Gasteiger partial charge >= 0.3 is 0 Å². The van der Waals surface area contributed by atoms with Crippen LogP contribution in [0.1, 0.15) is 45.1 Å². The fraction of sp³-hybridized carbons (Fsp3) is 0.391. The van der Waals surface area contributed by atoms with Gasteiger partial charge < -0.3 is 14.5 Å². The van der Waals surface area contributed by atoms with Crippen molar-refractivity contribution in [3.8, 4) is 22.8 Å². The molecular weight excluding hydrogens is 322 g/mol. The molecule has 1 aromatic heterocycles. The minimum Gasteiger partial charge on any atom is -0.494 e. The molecule has 0 spiro atoms. The molecule has 26 heavy (non-hydrogen) atoms. The maximum Gasteiger partial charge on any atom is 0.120 e. The van der Waals surface area contributed by atoms with Crippen LogP contribution in [0.4, 0.5) is 0 Å². The van der Waals surface area contributed by atoms with Gasteiger partial charge in [-0.25, -0.2) is 0 Å². The number of rotatable bonds is 9. The number of aromatic nitrogens is 1. The molecule has 3 aromatic rings. The van der Waals surface area contributed by atoms with Gasteiger partial charge in [-0.1, -0.05) is 38.8 Å². The van der Waals surface area contributed by atoms with Gasteiger partial charge in [0, 0.05) is 22.2 Å². The summed E-state index contributed by atoms with van der Waals surface area (Å²) in [6.07, 6.45) is 4.45. The topological polar surface area (TPSA) is 34.2 Å². The summed E-state index contributed by atoms with van der Waals surface area (Å²) in [6, 6.07) is 14.6. The van der Waals surface area contributed by atoms with Crippen LogP contribution in [-0.4, -0.2) is 18.2 Å². The number of hydrogen-bond donors (Lipinski definition) is 1. The second kappa shape index (κ2) is 8.79. The molecule has 3 rings (SSSR count). The summed E-state index contributed by atoms with van der Waals surface area (Å²) >= 11 is 0. The number of nitrogens with one attached hydrogen (secondary N) is 1. The van der Waals surface area contributed by atoms with Crippen molar-refractivity contribution in [1.82, 2.24) is 4.98 Å². The monoisotopic (exact) mass is 351 g/mol. The first kappa shape index (κ1) is 18.4. The Bertz CT molecular complexity index is 851. The molecule has 3 nitrogen and oxygen atoms in total. The van der Waals surface area contributed by atoms with E-state index in [1.165, 1.54) is 10.9 Å². The molecule has 0 amide bonds. The second-order valence-corrected chi connectivity index (χ2v) is 6.76. The lowest BCUT2D eigenvalue weighted by Gasteiger charge is -2.07. The summed E-state index contributed by atoms with van der Waals surface area (Å²) in [4.78, 5) is 3.56. The summed E-state index contributed by atoms with van der Waals surface area (Å²) in [5.41, 5.74) is 4.68. The second-order valence-electron chi connectivity index (χ2n) is 6.76. The zero-order valence-electron chi connectivity index (χ0n) is 16.1. The minimum absolute atomic E-state index is 0.768. The Morgan fingerprint density at radius 1 is 0.846 bits per heavy atom. The van der Waals surface area contributed by atoms with Gasteiger partial charge in [-0.15, -0.1) is 0 Å². The normalized spacial score (nSPS) is 11.0. The van der Waals surface area contributed by atoms with Crippen LogP contribution in [-0.2, 0) is 0 Å². The van der Waals surface area contributed by atoms with Gasteiger partial charge in [-0.3, -0.25) is 0 Å². The van der Waals surface area contributed by atoms with Crippen molar-refractivity contribution in [1.29, 1.82) is 0 Å². The SMILES string of the molecule is CCCCOc1cccc(-c2[nH]c3ccc(OCCCC)cc3c2C)c1. The molecule has 0 radical (unpaired) electrons. The van der Waals surface area contributed by atoms with E-state index in [0.29, 0.717) is 0 Å². The molecule has 2 aromatic carbocycles. The fourth-order valence-electron chi connectivity index (χ4n) is 3.09. The minimum atomic E-state index is 0.768. The molecule has 0 fully saturated rings. The fourth-order valence-corrected chi connectivity index (χ4v) is 3.09. The van der Waals surface area contributed by atoms with E-state index in [0.717, 1.165) is 67.2 Å². The summed E-state index contributed by atoms with van der Waals surface area (Å²) in [7, 11) is 0. The molecule has 0 aliphatic carbocycles. The van der Waals surface area contributed by atoms with Crippen LogP contribution in [0.2, 0.25) is 0 Å². The van der Waals surface area contributed by atoms with Gasteiger partial charge in [0.05, 0.1) is 13.2 Å². The highest BCUT2D eigenvalue weighted by Gasteiger charge is 2.11. The number of fused-ring (bicyclic) bond motifs is 1. The highest BCUT2D eigenvalue weighted by atomic mass is 16.5. The van der Waals surface area contributed by atoms with E-state index >= 15 is 0 Å². The third kappa shape index (κ3) is 4.21. The zero-order chi connectivity index (χ0) is 18.4. The van der Waals surface area contributed by atoms with E-state index in [1.54, 1.807) is 0 Å². The Morgan fingerprint density at radius 3 is 2.23 bits per heavy atom. The first-order valence-corrected chi connectivity index (χ1v) is 9.71. The maximum atomic E-state index is 5.86. The van der Waals surface area contributed by atoms with Gasteiger partial charge in [0.1, 0.15) is 11.5 Å². The lowest BCUT2D eigenvalue weighted by molar-refractivity contribution is 0.309. The van der Waals surface area contributed by atoms with Crippen LogP contribution < -0.4 is 9.47 Å². The van der Waals surface area contributed by atoms with Crippen molar-refractivity contribution in [3.05, 3.63) is 48.0 Å². The van der Waals surface area contributed by atoms with Crippen LogP contribution in [0.25, 0.3) is 22.2 Å². The first-order chi connectivity index (χ1) is 12.7. The van der Waals surface area contributed by atoms with Crippen LogP contribution >= 0.6 is 0 Å². The van der Waals surface area contributed by atoms with Crippen LogP contribution in [0, 0.1) is 6.92 Å². The van der Waals surface area contributed by atoms with E-state index in [2.05, 4.69) is 56.1 Å². The Balaban J connectivity index is 1.86. The molecule has 0 bridgehead atoms. The van der Waals surface area contributed by atoms with Gasteiger partial charge in [-0.05, 0) is 55.7 Å². The molecule has 3 heteroatoms. The molecule has 0 aliphatic heterocycles. The predicted molar refractivity (Wildman–Crippen MR) is 109 cm³/mol. The Labute approximate surface area is 156 Å². The lowest BCUT2D eigenvalue weighted by atomic mass is 10.1. The number of benzene rings is 2. The van der Waals surface area contributed by atoms with Crippen LogP contribution in [0.3, 0.4) is 0 Å². The van der Waals surface area contributed by atoms with Crippen molar-refractivity contribution in [2.75, 3.05) is 13.2 Å². The summed E-state index contributed by atoms with van der Waals surface area (Å²) in [5.74, 6) is 1.87. The van der Waals surface area contributed by atoms with Crippen LogP contribution in [0.15, 0.2) is 42.5 Å². The largest absolute Gasteiger partial charge is 0.494 e. The molecule has 0 atom stereocenters. The number of ether oxygens (including phenoxy) is 2. The zero-order valence-corrected chi connectivity index (χ0v) is 16.1. The number of aromatic amines is 1. The molecule has 0 saturated carbocycles. The van der Waals surface area contributed by atoms with E-state index in [9.17, 15) is 0 Å². The molecule has 1 heterocycles. The highest BCUT2D eigenvalue weighted by Crippen LogP contribution is 2.33. The number of H-pyrrole nitrogens is 1. The standard InChI is InChI=1S/C23H29NO2/c1-4-6-13-25-19-10-8-9-18(15-19)23-17(3)21-16-20(26-14-7-5-2)11-12-22(21)24-23/h8-12,15-16,24H,4-7,13-14H2,1-3H3. The Hall–Kier alpha value is -2.42. The average Bonchev–Trinajstić information content (AvgIpc) is 2.99. The first-order valence-electron chi connectivity index (χ1n) is 9.71. The van der Waals surface area contributed by atoms with E-state index in [-0.39, 0.29) is 0 Å². The highest BCUT2D eigenvalue weighted by molar-refractivity contribution is 5.91. The maximum absolute atomic E-state index is 5.86. The van der Waals surface area contributed by atoms with Crippen molar-refractivity contribution in [2.24, 2.45) is 0 Å². The Morgan fingerprint density at radius 2 is 1.54 bits per heavy atom. The van der Waals surface area contributed by atoms with Crippen molar-refractivity contribution in [2.45, 2.75) is 46.5 Å². The van der Waals surface area contributed by atoms with E-state index < -0.39 is 0 Å². The molecular formula is C23H29NO2. The van der Waals surface area contributed by atoms with Crippen LogP contribution in [0.5, 0.6) is 11.5 Å². The van der Waals surface area contributed by atoms with Crippen molar-refractivity contribution >= 4 is 10.9 Å². The van der Waals surface area contributed by atoms with Gasteiger partial charge in [-0.2, -0.15) is 0 Å². The van der Waals surface area contributed by atoms with E-state index in [1.807, 2.05) is 12.1 Å². The summed E-state index contributed by atoms with van der Waals surface area (Å²) < 4.78 is 11.7. The molecule has 0 unspecified atom stereocenters. The average molecular weight is 351 g/mol. The number of unbranched alkanes of at least 4 members (excludes halogenated alkanes) is 2. The van der Waals surface area contributed by atoms with Gasteiger partial charge in [0.2, 0.25) is 0 Å². The molecule has 0 aliphatic rings. The molecule has 0 saturated heterocycles. The lowest BCUT2D eigenvalue weighted by Crippen LogP contribution is -1.96. The summed E-state index contributed by atoms with van der Waals surface area (Å²) in [5, 5.41) is 1.21. The smallest absolute Gasteiger partial charge is 0.120 e. The number of aryl methyl sites for hydroxylation is 1. The quantitative estimate of drug-likeness (QED) is 0.446. The molecule has 1 N–H and O–H groups in total. The van der Waals surface area contributed by atoms with Gasteiger partial charge in [0.25, 0.3) is 0 Å². The predicted octanol–water partition coefficient (Wildman–Crippen LogP) is 6.50. The third-order valence-electron chi connectivity index (χ3n) is 4.69. The van der Waals surface area contributed by atoms with Gasteiger partial charge in [0.15, 0.2) is 0 Å².